The van der Waals surface area contributed by atoms with Crippen LogP contribution >= 0.6 is 0 Å². The van der Waals surface area contributed by atoms with Gasteiger partial charge in [0.15, 0.2) is 0 Å². The van der Waals surface area contributed by atoms with Gasteiger partial charge in [0, 0.05) is 6.54 Å². The van der Waals surface area contributed by atoms with E-state index in [0.29, 0.717) is 6.61 Å². The Morgan fingerprint density at radius 3 is 2.58 bits per heavy atom. The molecule has 2 nitrogen and oxygen atoms in total. The first kappa shape index (κ1) is 13.5. The van der Waals surface area contributed by atoms with Gasteiger partial charge in [-0.05, 0) is 49.6 Å². The van der Waals surface area contributed by atoms with Crippen molar-refractivity contribution in [3.8, 4) is 5.75 Å². The van der Waals surface area contributed by atoms with Crippen LogP contribution in [0.25, 0.3) is 0 Å². The van der Waals surface area contributed by atoms with Crippen molar-refractivity contribution in [3.63, 3.8) is 0 Å². The average Bonchev–Trinajstić information content (AvgIpc) is 2.41. The number of benzene rings is 2. The molecule has 0 aliphatic rings. The van der Waals surface area contributed by atoms with Crippen molar-refractivity contribution in [2.24, 2.45) is 0 Å². The van der Waals surface area contributed by atoms with Gasteiger partial charge in [-0.3, -0.25) is 0 Å². The predicted octanol–water partition coefficient (Wildman–Crippen LogP) is 4.31. The first-order valence-electron chi connectivity index (χ1n) is 6.72. The Hall–Kier alpha value is -1.96. The van der Waals surface area contributed by atoms with Crippen molar-refractivity contribution >= 4 is 5.69 Å². The van der Waals surface area contributed by atoms with Gasteiger partial charge in [-0.25, -0.2) is 0 Å². The molecule has 0 atom stereocenters. The third-order valence-electron chi connectivity index (χ3n) is 3.17. The van der Waals surface area contributed by atoms with Gasteiger partial charge in [-0.15, -0.1) is 0 Å². The maximum Gasteiger partial charge on any atom is 0.142 e. The molecule has 2 aromatic rings. The highest BCUT2D eigenvalue weighted by molar-refractivity contribution is 5.58. The molecule has 0 saturated heterocycles. The van der Waals surface area contributed by atoms with Crippen LogP contribution in [0.15, 0.2) is 42.5 Å². The van der Waals surface area contributed by atoms with Crippen LogP contribution in [0.4, 0.5) is 5.69 Å². The molecule has 0 heterocycles. The van der Waals surface area contributed by atoms with Gasteiger partial charge in [0.1, 0.15) is 5.75 Å². The average molecular weight is 255 g/mol. The molecule has 0 aliphatic carbocycles. The highest BCUT2D eigenvalue weighted by Gasteiger charge is 2.04. The minimum atomic E-state index is 0.683. The molecule has 100 valence electrons. The van der Waals surface area contributed by atoms with Crippen LogP contribution in [-0.2, 0) is 6.54 Å². The molecule has 0 unspecified atom stereocenters. The van der Waals surface area contributed by atoms with E-state index < -0.39 is 0 Å². The topological polar surface area (TPSA) is 21.3 Å². The lowest BCUT2D eigenvalue weighted by molar-refractivity contribution is 0.341. The van der Waals surface area contributed by atoms with Gasteiger partial charge in [0.25, 0.3) is 0 Å². The van der Waals surface area contributed by atoms with E-state index in [9.17, 15) is 0 Å². The zero-order valence-corrected chi connectivity index (χ0v) is 11.9. The van der Waals surface area contributed by atoms with Gasteiger partial charge in [-0.1, -0.05) is 30.3 Å². The van der Waals surface area contributed by atoms with Crippen LogP contribution in [0.2, 0.25) is 0 Å². The lowest BCUT2D eigenvalue weighted by Gasteiger charge is -2.14. The van der Waals surface area contributed by atoms with Crippen LogP contribution in [0.5, 0.6) is 5.75 Å². The fourth-order valence-electron chi connectivity index (χ4n) is 2.06. The number of nitrogens with one attached hydrogen (secondary N) is 1. The van der Waals surface area contributed by atoms with Crippen LogP contribution in [0.3, 0.4) is 0 Å². The Morgan fingerprint density at radius 1 is 1.05 bits per heavy atom. The molecule has 0 spiro atoms. The quantitative estimate of drug-likeness (QED) is 0.859. The molecule has 2 aromatic carbocycles. The number of hydrogen-bond acceptors (Lipinski definition) is 2. The van der Waals surface area contributed by atoms with E-state index in [-0.39, 0.29) is 0 Å². The molecule has 19 heavy (non-hydrogen) atoms. The van der Waals surface area contributed by atoms with Gasteiger partial charge in [-0.2, -0.15) is 0 Å². The van der Waals surface area contributed by atoms with Crippen molar-refractivity contribution in [1.29, 1.82) is 0 Å². The maximum absolute atomic E-state index is 5.65. The summed E-state index contributed by atoms with van der Waals surface area (Å²) in [5.41, 5.74) is 4.91. The van der Waals surface area contributed by atoms with E-state index in [1.165, 1.54) is 16.7 Å². The molecule has 0 aliphatic heterocycles. The number of ether oxygens (including phenoxy) is 1. The third-order valence-corrected chi connectivity index (χ3v) is 3.17. The molecular weight excluding hydrogens is 234 g/mol. The molecule has 0 fully saturated rings. The highest BCUT2D eigenvalue weighted by Crippen LogP contribution is 2.26. The molecule has 2 rings (SSSR count). The molecule has 0 bridgehead atoms. The molecule has 0 amide bonds. The van der Waals surface area contributed by atoms with Gasteiger partial charge >= 0.3 is 0 Å². The lowest BCUT2D eigenvalue weighted by atomic mass is 10.1. The molecule has 1 N–H and O–H groups in total. The van der Waals surface area contributed by atoms with E-state index in [0.717, 1.165) is 18.0 Å². The minimum absolute atomic E-state index is 0.683. The molecule has 0 radical (unpaired) electrons. The monoisotopic (exact) mass is 255 g/mol. The first-order chi connectivity index (χ1) is 9.20. The largest absolute Gasteiger partial charge is 0.492 e. The van der Waals surface area contributed by atoms with E-state index in [1.807, 2.05) is 13.0 Å². The van der Waals surface area contributed by atoms with Crippen molar-refractivity contribution in [2.75, 3.05) is 11.9 Å². The van der Waals surface area contributed by atoms with Crippen molar-refractivity contribution < 1.29 is 4.74 Å². The van der Waals surface area contributed by atoms with Crippen LogP contribution in [0, 0.1) is 13.8 Å². The Labute approximate surface area is 115 Å². The summed E-state index contributed by atoms with van der Waals surface area (Å²) in [6.07, 6.45) is 0. The third kappa shape index (κ3) is 3.50. The second-order valence-electron chi connectivity index (χ2n) is 4.71. The number of aryl methyl sites for hydroxylation is 2. The fourth-order valence-corrected chi connectivity index (χ4v) is 2.06. The van der Waals surface area contributed by atoms with Gasteiger partial charge in [0.2, 0.25) is 0 Å². The highest BCUT2D eigenvalue weighted by atomic mass is 16.5. The number of rotatable bonds is 5. The first-order valence-corrected chi connectivity index (χ1v) is 6.72. The predicted molar refractivity (Wildman–Crippen MR) is 80.9 cm³/mol. The Morgan fingerprint density at radius 2 is 1.84 bits per heavy atom. The maximum atomic E-state index is 5.65. The summed E-state index contributed by atoms with van der Waals surface area (Å²) >= 11 is 0. The van der Waals surface area contributed by atoms with E-state index >= 15 is 0 Å². The summed E-state index contributed by atoms with van der Waals surface area (Å²) in [5.74, 6) is 0.918. The number of anilines is 1. The Bertz CT molecular complexity index is 549. The van der Waals surface area contributed by atoms with Crippen LogP contribution in [-0.4, -0.2) is 6.61 Å². The summed E-state index contributed by atoms with van der Waals surface area (Å²) in [7, 11) is 0. The zero-order chi connectivity index (χ0) is 13.7. The standard InChI is InChI=1S/C17H21NO/c1-4-19-17-10-9-13(2)11-16(17)18-12-15-8-6-5-7-14(15)3/h5-11,18H,4,12H2,1-3H3. The summed E-state index contributed by atoms with van der Waals surface area (Å²) in [5, 5.41) is 3.47. The smallest absolute Gasteiger partial charge is 0.142 e. The van der Waals surface area contributed by atoms with Crippen molar-refractivity contribution in [3.05, 3.63) is 59.2 Å². The summed E-state index contributed by atoms with van der Waals surface area (Å²) < 4.78 is 5.65. The van der Waals surface area contributed by atoms with Crippen molar-refractivity contribution in [1.82, 2.24) is 0 Å². The summed E-state index contributed by atoms with van der Waals surface area (Å²) in [6.45, 7) is 7.73. The van der Waals surface area contributed by atoms with Crippen molar-refractivity contribution in [2.45, 2.75) is 27.3 Å². The Kier molecular flexibility index (Phi) is 4.45. The summed E-state index contributed by atoms with van der Waals surface area (Å²) in [4.78, 5) is 0. The van der Waals surface area contributed by atoms with E-state index in [4.69, 9.17) is 4.74 Å². The number of hydrogen-bond donors (Lipinski definition) is 1. The van der Waals surface area contributed by atoms with Gasteiger partial charge in [0.05, 0.1) is 12.3 Å². The van der Waals surface area contributed by atoms with E-state index in [2.05, 4.69) is 55.6 Å². The normalized spacial score (nSPS) is 10.3. The van der Waals surface area contributed by atoms with Crippen LogP contribution in [0.1, 0.15) is 23.6 Å². The van der Waals surface area contributed by atoms with Crippen LogP contribution < -0.4 is 10.1 Å². The lowest BCUT2D eigenvalue weighted by Crippen LogP contribution is -2.04. The minimum Gasteiger partial charge on any atom is -0.492 e. The molecular formula is C17H21NO. The second-order valence-corrected chi connectivity index (χ2v) is 4.71. The van der Waals surface area contributed by atoms with Gasteiger partial charge < -0.3 is 10.1 Å². The fraction of sp³-hybridized carbons (Fsp3) is 0.294. The zero-order valence-electron chi connectivity index (χ0n) is 11.9. The Balaban J connectivity index is 2.14. The summed E-state index contributed by atoms with van der Waals surface area (Å²) in [6, 6.07) is 14.7. The molecule has 2 heteroatoms. The second kappa shape index (κ2) is 6.28. The SMILES string of the molecule is CCOc1ccc(C)cc1NCc1ccccc1C. The molecule has 0 aromatic heterocycles. The van der Waals surface area contributed by atoms with E-state index in [1.54, 1.807) is 0 Å². The molecule has 0 saturated carbocycles.